The largest absolute Gasteiger partial charge is 0.494 e. The number of amides is 1. The molecule has 0 aliphatic carbocycles. The Labute approximate surface area is 125 Å². The summed E-state index contributed by atoms with van der Waals surface area (Å²) in [5, 5.41) is 0.637. The Bertz CT molecular complexity index is 764. The van der Waals surface area contributed by atoms with E-state index in [1.54, 1.807) is 24.3 Å². The van der Waals surface area contributed by atoms with Gasteiger partial charge >= 0.3 is 0 Å². The van der Waals surface area contributed by atoms with Gasteiger partial charge in [-0.25, -0.2) is 4.98 Å². The number of anilines is 1. The van der Waals surface area contributed by atoms with Crippen molar-refractivity contribution in [1.29, 1.82) is 0 Å². The average Bonchev–Trinajstić information content (AvgIpc) is 3.12. The van der Waals surface area contributed by atoms with Gasteiger partial charge in [-0.1, -0.05) is 17.4 Å². The number of carbonyl (C=O) groups is 1. The van der Waals surface area contributed by atoms with E-state index in [-0.39, 0.29) is 5.91 Å². The van der Waals surface area contributed by atoms with Crippen LogP contribution in [0.2, 0.25) is 0 Å². The first-order valence-corrected chi connectivity index (χ1v) is 7.24. The minimum absolute atomic E-state index is 0.0792. The van der Waals surface area contributed by atoms with Crippen LogP contribution in [0.5, 0.6) is 5.75 Å². The molecule has 5 nitrogen and oxygen atoms in total. The molecule has 6 heteroatoms. The van der Waals surface area contributed by atoms with Crippen molar-refractivity contribution in [3.05, 3.63) is 42.4 Å². The fourth-order valence-corrected chi connectivity index (χ4v) is 3.09. The highest BCUT2D eigenvalue weighted by Gasteiger charge is 2.19. The van der Waals surface area contributed by atoms with Crippen molar-refractivity contribution in [2.24, 2.45) is 0 Å². The van der Waals surface area contributed by atoms with E-state index >= 15 is 0 Å². The van der Waals surface area contributed by atoms with Crippen molar-refractivity contribution in [3.63, 3.8) is 0 Å². The Balaban J connectivity index is 2.01. The Morgan fingerprint density at radius 1 is 1.38 bits per heavy atom. The number of carbonyl (C=O) groups excluding carboxylic acids is 1. The highest BCUT2D eigenvalue weighted by Crippen LogP contribution is 2.34. The minimum atomic E-state index is -0.0792. The van der Waals surface area contributed by atoms with E-state index in [4.69, 9.17) is 9.15 Å². The molecule has 108 valence electrons. The van der Waals surface area contributed by atoms with Crippen molar-refractivity contribution in [1.82, 2.24) is 4.98 Å². The Hall–Kier alpha value is -2.34. The topological polar surface area (TPSA) is 55.6 Å². The molecule has 1 aromatic carbocycles. The summed E-state index contributed by atoms with van der Waals surface area (Å²) in [6, 6.07) is 9.37. The molecule has 21 heavy (non-hydrogen) atoms. The number of para-hydroxylation sites is 1. The summed E-state index contributed by atoms with van der Waals surface area (Å²) in [5.41, 5.74) is 0.769. The zero-order valence-corrected chi connectivity index (χ0v) is 12.5. The number of benzene rings is 1. The molecule has 0 atom stereocenters. The second kappa shape index (κ2) is 5.57. The molecular formula is C15H14N2O3S. The van der Waals surface area contributed by atoms with E-state index in [0.717, 1.165) is 16.0 Å². The van der Waals surface area contributed by atoms with Crippen molar-refractivity contribution in [2.45, 2.75) is 13.5 Å². The standard InChI is InChI=1S/C15H14N2O3S/c1-10(18)17(9-11-5-4-8-20-11)15-16-14-12(19-2)6-3-7-13(14)21-15/h3-8H,9H2,1-2H3. The van der Waals surface area contributed by atoms with Crippen LogP contribution < -0.4 is 9.64 Å². The maximum atomic E-state index is 11.9. The Morgan fingerprint density at radius 3 is 2.90 bits per heavy atom. The van der Waals surface area contributed by atoms with E-state index in [2.05, 4.69) is 4.98 Å². The average molecular weight is 302 g/mol. The van der Waals surface area contributed by atoms with Crippen LogP contribution in [0.15, 0.2) is 41.0 Å². The fraction of sp³-hybridized carbons (Fsp3) is 0.200. The van der Waals surface area contributed by atoms with Gasteiger partial charge in [-0.2, -0.15) is 0 Å². The van der Waals surface area contributed by atoms with Gasteiger partial charge in [0.2, 0.25) is 5.91 Å². The zero-order valence-electron chi connectivity index (χ0n) is 11.7. The number of thiazole rings is 1. The van der Waals surface area contributed by atoms with Crippen LogP contribution in [0.3, 0.4) is 0 Å². The highest BCUT2D eigenvalue weighted by molar-refractivity contribution is 7.22. The monoisotopic (exact) mass is 302 g/mol. The first kappa shape index (κ1) is 13.6. The maximum absolute atomic E-state index is 11.9. The van der Waals surface area contributed by atoms with Gasteiger partial charge in [0, 0.05) is 6.92 Å². The van der Waals surface area contributed by atoms with E-state index in [0.29, 0.717) is 17.4 Å². The lowest BCUT2D eigenvalue weighted by Gasteiger charge is -2.15. The number of hydrogen-bond acceptors (Lipinski definition) is 5. The lowest BCUT2D eigenvalue weighted by atomic mass is 10.3. The van der Waals surface area contributed by atoms with Crippen LogP contribution in [-0.4, -0.2) is 18.0 Å². The smallest absolute Gasteiger partial charge is 0.226 e. The third-order valence-corrected chi connectivity index (χ3v) is 4.14. The van der Waals surface area contributed by atoms with Crippen LogP contribution in [0, 0.1) is 0 Å². The van der Waals surface area contributed by atoms with Crippen molar-refractivity contribution in [3.8, 4) is 5.75 Å². The molecule has 0 fully saturated rings. The molecular weight excluding hydrogens is 288 g/mol. The molecule has 0 N–H and O–H groups in total. The predicted octanol–water partition coefficient (Wildman–Crippen LogP) is 3.45. The third kappa shape index (κ3) is 2.62. The Kier molecular flexibility index (Phi) is 3.62. The number of hydrogen-bond donors (Lipinski definition) is 0. The molecule has 0 saturated carbocycles. The van der Waals surface area contributed by atoms with Gasteiger partial charge in [0.15, 0.2) is 5.13 Å². The molecule has 0 radical (unpaired) electrons. The normalized spacial score (nSPS) is 10.8. The molecule has 1 amide bonds. The number of aromatic nitrogens is 1. The van der Waals surface area contributed by atoms with Gasteiger partial charge in [-0.15, -0.1) is 0 Å². The molecule has 3 rings (SSSR count). The van der Waals surface area contributed by atoms with Gasteiger partial charge < -0.3 is 9.15 Å². The minimum Gasteiger partial charge on any atom is -0.494 e. The quantitative estimate of drug-likeness (QED) is 0.740. The summed E-state index contributed by atoms with van der Waals surface area (Å²) in [5.74, 6) is 1.34. The molecule has 0 aliphatic heterocycles. The van der Waals surface area contributed by atoms with Crippen molar-refractivity contribution < 1.29 is 13.9 Å². The van der Waals surface area contributed by atoms with Gasteiger partial charge in [-0.05, 0) is 24.3 Å². The van der Waals surface area contributed by atoms with Crippen molar-refractivity contribution in [2.75, 3.05) is 12.0 Å². The van der Waals surface area contributed by atoms with Gasteiger partial charge in [0.05, 0.1) is 24.6 Å². The maximum Gasteiger partial charge on any atom is 0.226 e. The number of fused-ring (bicyclic) bond motifs is 1. The molecule has 0 unspecified atom stereocenters. The summed E-state index contributed by atoms with van der Waals surface area (Å²) in [7, 11) is 1.61. The summed E-state index contributed by atoms with van der Waals surface area (Å²) >= 11 is 1.46. The molecule has 0 bridgehead atoms. The van der Waals surface area contributed by atoms with Crippen LogP contribution >= 0.6 is 11.3 Å². The van der Waals surface area contributed by atoms with E-state index in [9.17, 15) is 4.79 Å². The molecule has 0 aliphatic rings. The number of rotatable bonds is 4. The molecule has 2 aromatic heterocycles. The first-order chi connectivity index (χ1) is 10.2. The van der Waals surface area contributed by atoms with Gasteiger partial charge in [0.1, 0.15) is 17.0 Å². The number of furan rings is 1. The van der Waals surface area contributed by atoms with Gasteiger partial charge in [0.25, 0.3) is 0 Å². The van der Waals surface area contributed by atoms with E-state index in [1.165, 1.54) is 18.3 Å². The van der Waals surface area contributed by atoms with Crippen LogP contribution in [0.4, 0.5) is 5.13 Å². The molecule has 0 saturated heterocycles. The summed E-state index contributed by atoms with van der Waals surface area (Å²) < 4.78 is 11.6. The lowest BCUT2D eigenvalue weighted by molar-refractivity contribution is -0.116. The predicted molar refractivity (Wildman–Crippen MR) is 81.7 cm³/mol. The lowest BCUT2D eigenvalue weighted by Crippen LogP contribution is -2.27. The zero-order chi connectivity index (χ0) is 14.8. The second-order valence-electron chi connectivity index (χ2n) is 4.49. The second-order valence-corrected chi connectivity index (χ2v) is 5.50. The molecule has 0 spiro atoms. The number of methoxy groups -OCH3 is 1. The molecule has 2 heterocycles. The van der Waals surface area contributed by atoms with Crippen molar-refractivity contribution >= 4 is 32.6 Å². The van der Waals surface area contributed by atoms with Gasteiger partial charge in [-0.3, -0.25) is 9.69 Å². The van der Waals surface area contributed by atoms with E-state index < -0.39 is 0 Å². The fourth-order valence-electron chi connectivity index (χ4n) is 2.06. The SMILES string of the molecule is COc1cccc2sc(N(Cc3ccco3)C(C)=O)nc12. The number of ether oxygens (including phenoxy) is 1. The first-order valence-electron chi connectivity index (χ1n) is 6.43. The van der Waals surface area contributed by atoms with Crippen LogP contribution in [0.25, 0.3) is 10.2 Å². The van der Waals surface area contributed by atoms with Crippen LogP contribution in [0.1, 0.15) is 12.7 Å². The summed E-state index contributed by atoms with van der Waals surface area (Å²) in [4.78, 5) is 18.1. The third-order valence-electron chi connectivity index (χ3n) is 3.10. The van der Waals surface area contributed by atoms with E-state index in [1.807, 2.05) is 24.3 Å². The summed E-state index contributed by atoms with van der Waals surface area (Å²) in [6.07, 6.45) is 1.59. The number of nitrogens with zero attached hydrogens (tertiary/aromatic N) is 2. The highest BCUT2D eigenvalue weighted by atomic mass is 32.1. The summed E-state index contributed by atoms with van der Waals surface area (Å²) in [6.45, 7) is 1.89. The Morgan fingerprint density at radius 2 is 2.24 bits per heavy atom. The molecule has 3 aromatic rings. The van der Waals surface area contributed by atoms with Crippen LogP contribution in [-0.2, 0) is 11.3 Å².